The van der Waals surface area contributed by atoms with E-state index in [9.17, 15) is 4.79 Å². The first-order valence-corrected chi connectivity index (χ1v) is 16.3. The van der Waals surface area contributed by atoms with E-state index in [0.29, 0.717) is 23.9 Å². The Morgan fingerprint density at radius 2 is 1.80 bits per heavy atom. The van der Waals surface area contributed by atoms with Crippen molar-refractivity contribution in [1.82, 2.24) is 14.9 Å². The highest BCUT2D eigenvalue weighted by atomic mass is 19.1. The molecule has 1 aliphatic carbocycles. The fourth-order valence-electron chi connectivity index (χ4n) is 6.67. The smallest absolute Gasteiger partial charge is 0.421 e. The summed E-state index contributed by atoms with van der Waals surface area (Å²) >= 11 is 0. The molecule has 1 amide bonds. The van der Waals surface area contributed by atoms with Crippen molar-refractivity contribution in [3.63, 3.8) is 0 Å². The molecule has 1 unspecified atom stereocenters. The summed E-state index contributed by atoms with van der Waals surface area (Å²) in [7, 11) is 0. The molecular formula is C37H42FN5O3. The van der Waals surface area contributed by atoms with Gasteiger partial charge in [0.15, 0.2) is 11.6 Å². The quantitative estimate of drug-likeness (QED) is 0.178. The predicted octanol–water partition coefficient (Wildman–Crippen LogP) is 8.23. The summed E-state index contributed by atoms with van der Waals surface area (Å²) < 4.78 is 26.8. The minimum atomic E-state index is -0.519. The molecule has 2 heterocycles. The number of carbonyl (C=O) groups is 1. The molecule has 240 valence electrons. The van der Waals surface area contributed by atoms with E-state index >= 15 is 4.39 Å². The molecule has 1 N–H and O–H groups in total. The fourth-order valence-corrected chi connectivity index (χ4v) is 6.67. The van der Waals surface area contributed by atoms with E-state index in [2.05, 4.69) is 27.3 Å². The van der Waals surface area contributed by atoms with E-state index < -0.39 is 11.9 Å². The summed E-state index contributed by atoms with van der Waals surface area (Å²) in [5.41, 5.74) is 5.62. The molecule has 1 fully saturated rings. The first-order chi connectivity index (χ1) is 22.4. The minimum Gasteiger partial charge on any atom is -0.490 e. The van der Waals surface area contributed by atoms with Crippen LogP contribution in [0.2, 0.25) is 0 Å². The Kier molecular flexibility index (Phi) is 9.78. The molecule has 1 aromatic heterocycles. The Labute approximate surface area is 270 Å². The molecule has 1 aliphatic heterocycles. The molecule has 2 aliphatic rings. The number of anilines is 3. The van der Waals surface area contributed by atoms with Gasteiger partial charge in [-0.1, -0.05) is 48.4 Å². The number of ether oxygens (including phenoxy) is 2. The number of aromatic nitrogens is 2. The molecule has 0 bridgehead atoms. The number of nitrogens with one attached hydrogen (secondary N) is 1. The van der Waals surface area contributed by atoms with Crippen molar-refractivity contribution in [3.8, 4) is 11.5 Å². The van der Waals surface area contributed by atoms with Crippen LogP contribution in [-0.4, -0.2) is 47.2 Å². The Hall–Kier alpha value is -4.50. The molecule has 6 rings (SSSR count). The molecule has 4 aromatic rings. The van der Waals surface area contributed by atoms with Crippen LogP contribution < -0.4 is 19.7 Å². The normalized spacial score (nSPS) is 16.1. The van der Waals surface area contributed by atoms with Gasteiger partial charge in [-0.05, 0) is 106 Å². The van der Waals surface area contributed by atoms with Gasteiger partial charge in [0.25, 0.3) is 0 Å². The van der Waals surface area contributed by atoms with Crippen molar-refractivity contribution in [1.29, 1.82) is 0 Å². The molecule has 1 atom stereocenters. The molecule has 0 spiro atoms. The van der Waals surface area contributed by atoms with Crippen LogP contribution in [0.3, 0.4) is 0 Å². The SMILES string of the molecule is Cc1cc(C)c(OC(=O)N(c2ccnc(Nc3ccc(OCCCN4CCCCC4)c(F)c3)n2)C2CCc3ccccc32)c(C)c1. The lowest BCUT2D eigenvalue weighted by molar-refractivity contribution is 0.203. The summed E-state index contributed by atoms with van der Waals surface area (Å²) in [4.78, 5) is 27.1. The topological polar surface area (TPSA) is 79.8 Å². The average molecular weight is 624 g/mol. The average Bonchev–Trinajstić information content (AvgIpc) is 3.46. The maximum Gasteiger partial charge on any atom is 0.421 e. The van der Waals surface area contributed by atoms with Crippen LogP contribution >= 0.6 is 0 Å². The van der Waals surface area contributed by atoms with Crippen LogP contribution in [0.5, 0.6) is 11.5 Å². The van der Waals surface area contributed by atoms with Gasteiger partial charge in [0, 0.05) is 24.5 Å². The third-order valence-electron chi connectivity index (χ3n) is 8.80. The van der Waals surface area contributed by atoms with Gasteiger partial charge in [0.1, 0.15) is 11.6 Å². The third-order valence-corrected chi connectivity index (χ3v) is 8.80. The highest BCUT2D eigenvalue weighted by Gasteiger charge is 2.35. The second-order valence-electron chi connectivity index (χ2n) is 12.3. The van der Waals surface area contributed by atoms with Gasteiger partial charge in [-0.15, -0.1) is 0 Å². The van der Waals surface area contributed by atoms with Gasteiger partial charge >= 0.3 is 6.09 Å². The molecule has 1 saturated heterocycles. The van der Waals surface area contributed by atoms with Gasteiger partial charge in [0.05, 0.1) is 12.6 Å². The second-order valence-corrected chi connectivity index (χ2v) is 12.3. The number of hydrogen-bond donors (Lipinski definition) is 1. The van der Waals surface area contributed by atoms with E-state index in [1.807, 2.05) is 45.0 Å². The van der Waals surface area contributed by atoms with Crippen LogP contribution in [0.1, 0.15) is 66.0 Å². The highest BCUT2D eigenvalue weighted by molar-refractivity contribution is 5.90. The first kappa shape index (κ1) is 31.5. The largest absolute Gasteiger partial charge is 0.490 e. The Bertz CT molecular complexity index is 1670. The molecule has 0 radical (unpaired) electrons. The second kappa shape index (κ2) is 14.3. The van der Waals surface area contributed by atoms with Gasteiger partial charge < -0.3 is 19.7 Å². The van der Waals surface area contributed by atoms with Crippen LogP contribution in [0.4, 0.5) is 26.6 Å². The van der Waals surface area contributed by atoms with Crippen molar-refractivity contribution >= 4 is 23.5 Å². The van der Waals surface area contributed by atoms with E-state index in [4.69, 9.17) is 14.5 Å². The maximum absolute atomic E-state index is 15.0. The number of amides is 1. The summed E-state index contributed by atoms with van der Waals surface area (Å²) in [6.45, 7) is 9.60. The number of piperidine rings is 1. The summed E-state index contributed by atoms with van der Waals surface area (Å²) in [5, 5.41) is 3.10. The van der Waals surface area contributed by atoms with Crippen LogP contribution in [0, 0.1) is 26.6 Å². The van der Waals surface area contributed by atoms with E-state index in [1.165, 1.54) is 30.9 Å². The number of carbonyl (C=O) groups excluding carboxylic acids is 1. The zero-order chi connectivity index (χ0) is 32.0. The Morgan fingerprint density at radius 1 is 1.02 bits per heavy atom. The molecule has 8 nitrogen and oxygen atoms in total. The lowest BCUT2D eigenvalue weighted by Gasteiger charge is -2.28. The molecule has 3 aromatic carbocycles. The zero-order valence-corrected chi connectivity index (χ0v) is 26.9. The van der Waals surface area contributed by atoms with E-state index in [0.717, 1.165) is 61.2 Å². The Morgan fingerprint density at radius 3 is 2.59 bits per heavy atom. The fraction of sp³-hybridized carbons (Fsp3) is 0.378. The number of aryl methyl sites for hydroxylation is 4. The lowest BCUT2D eigenvalue weighted by atomic mass is 10.1. The molecule has 46 heavy (non-hydrogen) atoms. The molecule has 9 heteroatoms. The Balaban J connectivity index is 1.19. The molecular weight excluding hydrogens is 581 g/mol. The van der Waals surface area contributed by atoms with E-state index in [-0.39, 0.29) is 17.7 Å². The third kappa shape index (κ3) is 7.31. The monoisotopic (exact) mass is 623 g/mol. The lowest BCUT2D eigenvalue weighted by Crippen LogP contribution is -2.37. The number of rotatable bonds is 10. The van der Waals surface area contributed by atoms with Gasteiger partial charge in [-0.25, -0.2) is 14.2 Å². The minimum absolute atomic E-state index is 0.217. The van der Waals surface area contributed by atoms with Gasteiger partial charge in [-0.3, -0.25) is 4.90 Å². The van der Waals surface area contributed by atoms with Crippen molar-refractivity contribution in [2.24, 2.45) is 0 Å². The zero-order valence-electron chi connectivity index (χ0n) is 26.9. The first-order valence-electron chi connectivity index (χ1n) is 16.3. The number of fused-ring (bicyclic) bond motifs is 1. The maximum atomic E-state index is 15.0. The van der Waals surface area contributed by atoms with Crippen molar-refractivity contribution in [3.05, 3.63) is 100 Å². The van der Waals surface area contributed by atoms with Gasteiger partial charge in [-0.2, -0.15) is 4.98 Å². The summed E-state index contributed by atoms with van der Waals surface area (Å²) in [6, 6.07) is 18.3. The van der Waals surface area contributed by atoms with Crippen molar-refractivity contribution < 1.29 is 18.7 Å². The standard InChI is InChI=1S/C37H42FN5O3/c1-25-22-26(2)35(27(3)23-25)46-37(44)43(32-14-12-28-10-5-6-11-30(28)32)34-16-17-39-36(41-34)40-29-13-15-33(31(38)24-29)45-21-9-20-42-18-7-4-8-19-42/h5-6,10-11,13,15-17,22-24,32H,4,7-9,12,14,18-21H2,1-3H3,(H,39,40,41). The van der Waals surface area contributed by atoms with Crippen molar-refractivity contribution in [2.75, 3.05) is 36.5 Å². The summed E-state index contributed by atoms with van der Waals surface area (Å²) in [6.07, 6.45) is 7.31. The number of nitrogens with zero attached hydrogens (tertiary/aromatic N) is 4. The van der Waals surface area contributed by atoms with Crippen molar-refractivity contribution in [2.45, 2.75) is 65.3 Å². The van der Waals surface area contributed by atoms with Crippen LogP contribution in [-0.2, 0) is 6.42 Å². The predicted molar refractivity (Wildman–Crippen MR) is 179 cm³/mol. The van der Waals surface area contributed by atoms with E-state index in [1.54, 1.807) is 29.3 Å². The number of hydrogen-bond acceptors (Lipinski definition) is 7. The summed E-state index contributed by atoms with van der Waals surface area (Å²) in [5.74, 6) is 0.924. The van der Waals surface area contributed by atoms with Gasteiger partial charge in [0.2, 0.25) is 5.95 Å². The number of likely N-dealkylation sites (tertiary alicyclic amines) is 1. The highest BCUT2D eigenvalue weighted by Crippen LogP contribution is 2.39. The molecule has 0 saturated carbocycles. The number of halogens is 1. The van der Waals surface area contributed by atoms with Crippen LogP contribution in [0.25, 0.3) is 0 Å². The number of benzene rings is 3. The van der Waals surface area contributed by atoms with Crippen LogP contribution in [0.15, 0.2) is 66.9 Å².